The maximum atomic E-state index is 5.79. The van der Waals surface area contributed by atoms with E-state index in [1.54, 1.807) is 6.20 Å². The molecule has 1 aromatic heterocycles. The molecule has 1 heterocycles. The molecule has 0 saturated heterocycles. The molecule has 19 heavy (non-hydrogen) atoms. The monoisotopic (exact) mass is 341 g/mol. The number of hydrogen-bond donors (Lipinski definition) is 1. The number of hydrogen-bond acceptors (Lipinski definition) is 4. The first-order valence-electron chi connectivity index (χ1n) is 5.77. The third-order valence-corrected chi connectivity index (χ3v) is 2.98. The summed E-state index contributed by atoms with van der Waals surface area (Å²) in [6, 6.07) is 7.66. The van der Waals surface area contributed by atoms with Crippen molar-refractivity contribution in [1.82, 2.24) is 9.97 Å². The number of nitrogens with one attached hydrogen (secondary N) is 1. The fourth-order valence-corrected chi connectivity index (χ4v) is 1.91. The second kappa shape index (κ2) is 6.21. The van der Waals surface area contributed by atoms with Crippen LogP contribution in [-0.4, -0.2) is 16.1 Å². The fourth-order valence-electron chi connectivity index (χ4n) is 1.49. The minimum atomic E-state index is 0.0976. The van der Waals surface area contributed by atoms with Crippen molar-refractivity contribution in [2.45, 2.75) is 20.0 Å². The molecule has 1 aromatic carbocycles. The average Bonchev–Trinajstić information content (AvgIpc) is 2.35. The van der Waals surface area contributed by atoms with Crippen LogP contribution in [0.5, 0.6) is 5.75 Å². The van der Waals surface area contributed by atoms with Crippen LogP contribution in [0.2, 0.25) is 5.28 Å². The van der Waals surface area contributed by atoms with Gasteiger partial charge in [-0.25, -0.2) is 4.98 Å². The summed E-state index contributed by atoms with van der Waals surface area (Å²) in [5.74, 6) is 1.36. The van der Waals surface area contributed by atoms with Crippen molar-refractivity contribution in [2.75, 3.05) is 5.32 Å². The molecule has 0 radical (unpaired) electrons. The molecule has 1 N–H and O–H groups in total. The second-order valence-electron chi connectivity index (χ2n) is 4.12. The van der Waals surface area contributed by atoms with Crippen molar-refractivity contribution in [3.05, 3.63) is 40.2 Å². The molecule has 0 unspecified atom stereocenters. The third kappa shape index (κ3) is 3.81. The first-order chi connectivity index (χ1) is 9.06. The average molecular weight is 343 g/mol. The molecular formula is C13H13BrClN3O. The SMILES string of the molecule is CC(C)Oc1ccccc1Nc1nc(Cl)ncc1Br. The van der Waals surface area contributed by atoms with Crippen molar-refractivity contribution < 1.29 is 4.74 Å². The Labute approximate surface area is 125 Å². The van der Waals surface area contributed by atoms with Crippen molar-refractivity contribution >= 4 is 39.0 Å². The summed E-state index contributed by atoms with van der Waals surface area (Å²) in [6.45, 7) is 3.96. The van der Waals surface area contributed by atoms with Gasteiger partial charge in [0.2, 0.25) is 5.28 Å². The highest BCUT2D eigenvalue weighted by Crippen LogP contribution is 2.30. The highest BCUT2D eigenvalue weighted by Gasteiger charge is 2.09. The minimum absolute atomic E-state index is 0.0976. The largest absolute Gasteiger partial charge is 0.489 e. The van der Waals surface area contributed by atoms with Gasteiger partial charge in [0.05, 0.1) is 16.3 Å². The van der Waals surface area contributed by atoms with E-state index in [-0.39, 0.29) is 11.4 Å². The van der Waals surface area contributed by atoms with E-state index in [0.29, 0.717) is 5.82 Å². The highest BCUT2D eigenvalue weighted by molar-refractivity contribution is 9.10. The summed E-state index contributed by atoms with van der Waals surface area (Å²) in [7, 11) is 0. The van der Waals surface area contributed by atoms with Crippen LogP contribution in [0.15, 0.2) is 34.9 Å². The van der Waals surface area contributed by atoms with Crippen molar-refractivity contribution in [2.24, 2.45) is 0 Å². The lowest BCUT2D eigenvalue weighted by Crippen LogP contribution is -2.07. The Bertz CT molecular complexity index is 578. The predicted molar refractivity (Wildman–Crippen MR) is 80.2 cm³/mol. The topological polar surface area (TPSA) is 47.0 Å². The summed E-state index contributed by atoms with van der Waals surface area (Å²) < 4.78 is 6.47. The molecule has 0 saturated carbocycles. The lowest BCUT2D eigenvalue weighted by molar-refractivity contribution is 0.244. The van der Waals surface area contributed by atoms with Gasteiger partial charge in [-0.15, -0.1) is 0 Å². The minimum Gasteiger partial charge on any atom is -0.489 e. The van der Waals surface area contributed by atoms with Crippen LogP contribution in [0.4, 0.5) is 11.5 Å². The van der Waals surface area contributed by atoms with Crippen molar-refractivity contribution in [3.8, 4) is 5.75 Å². The standard InChI is InChI=1S/C13H13BrClN3O/c1-8(2)19-11-6-4-3-5-10(11)17-12-9(14)7-16-13(15)18-12/h3-8H,1-2H3,(H,16,17,18). The number of halogens is 2. The number of ether oxygens (including phenoxy) is 1. The molecule has 100 valence electrons. The van der Waals surface area contributed by atoms with Gasteiger partial charge in [-0.05, 0) is 53.5 Å². The lowest BCUT2D eigenvalue weighted by Gasteiger charge is -2.15. The van der Waals surface area contributed by atoms with Gasteiger partial charge in [0.25, 0.3) is 0 Å². The van der Waals surface area contributed by atoms with Gasteiger partial charge in [0.1, 0.15) is 11.6 Å². The molecule has 0 aliphatic heterocycles. The molecule has 6 heteroatoms. The summed E-state index contributed by atoms with van der Waals surface area (Å²) in [4.78, 5) is 8.02. The molecular weight excluding hydrogens is 330 g/mol. The Hall–Kier alpha value is -1.33. The van der Waals surface area contributed by atoms with E-state index in [0.717, 1.165) is 15.9 Å². The van der Waals surface area contributed by atoms with Crippen LogP contribution in [-0.2, 0) is 0 Å². The van der Waals surface area contributed by atoms with Crippen molar-refractivity contribution in [3.63, 3.8) is 0 Å². The Morgan fingerprint density at radius 2 is 2.05 bits per heavy atom. The summed E-state index contributed by atoms with van der Waals surface area (Å²) in [5.41, 5.74) is 0.826. The third-order valence-electron chi connectivity index (χ3n) is 2.22. The molecule has 4 nitrogen and oxygen atoms in total. The van der Waals surface area contributed by atoms with Gasteiger partial charge in [-0.2, -0.15) is 4.98 Å². The summed E-state index contributed by atoms with van der Waals surface area (Å²) in [6.07, 6.45) is 1.70. The Morgan fingerprint density at radius 3 is 2.79 bits per heavy atom. The van der Waals surface area contributed by atoms with E-state index in [2.05, 4.69) is 31.2 Å². The van der Waals surface area contributed by atoms with Gasteiger partial charge >= 0.3 is 0 Å². The zero-order valence-corrected chi connectivity index (χ0v) is 12.9. The van der Waals surface area contributed by atoms with E-state index >= 15 is 0 Å². The summed E-state index contributed by atoms with van der Waals surface area (Å²) >= 11 is 9.17. The van der Waals surface area contributed by atoms with Crippen LogP contribution >= 0.6 is 27.5 Å². The highest BCUT2D eigenvalue weighted by atomic mass is 79.9. The van der Waals surface area contributed by atoms with Crippen LogP contribution in [0.25, 0.3) is 0 Å². The molecule has 2 aromatic rings. The van der Waals surface area contributed by atoms with Gasteiger partial charge in [0, 0.05) is 6.20 Å². The molecule has 0 aliphatic carbocycles. The fraction of sp³-hybridized carbons (Fsp3) is 0.231. The number of benzene rings is 1. The maximum absolute atomic E-state index is 5.79. The second-order valence-corrected chi connectivity index (χ2v) is 5.32. The lowest BCUT2D eigenvalue weighted by atomic mass is 10.3. The first kappa shape index (κ1) is 14.1. The molecule has 0 spiro atoms. The van der Waals surface area contributed by atoms with Gasteiger partial charge in [-0.3, -0.25) is 0 Å². The first-order valence-corrected chi connectivity index (χ1v) is 6.94. The Kier molecular flexibility index (Phi) is 4.61. The number of anilines is 2. The zero-order valence-electron chi connectivity index (χ0n) is 10.5. The predicted octanol–water partition coefficient (Wildman–Crippen LogP) is 4.42. The van der Waals surface area contributed by atoms with Gasteiger partial charge in [-0.1, -0.05) is 12.1 Å². The summed E-state index contributed by atoms with van der Waals surface area (Å²) in [5, 5.41) is 3.37. The molecule has 0 fully saturated rings. The smallest absolute Gasteiger partial charge is 0.224 e. The molecule has 2 rings (SSSR count). The number of nitrogens with zero attached hydrogens (tertiary/aromatic N) is 2. The van der Waals surface area contributed by atoms with E-state index < -0.39 is 0 Å². The number of aromatic nitrogens is 2. The van der Waals surface area contributed by atoms with Crippen molar-refractivity contribution in [1.29, 1.82) is 0 Å². The van der Waals surface area contributed by atoms with E-state index in [1.165, 1.54) is 0 Å². The normalized spacial score (nSPS) is 10.6. The van der Waals surface area contributed by atoms with Crippen LogP contribution in [0.1, 0.15) is 13.8 Å². The van der Waals surface area contributed by atoms with E-state index in [1.807, 2.05) is 38.1 Å². The van der Waals surface area contributed by atoms with Crippen LogP contribution in [0.3, 0.4) is 0 Å². The zero-order chi connectivity index (χ0) is 13.8. The quantitative estimate of drug-likeness (QED) is 0.835. The Morgan fingerprint density at radius 1 is 1.32 bits per heavy atom. The molecule has 0 bridgehead atoms. The van der Waals surface area contributed by atoms with E-state index in [9.17, 15) is 0 Å². The number of rotatable bonds is 4. The van der Waals surface area contributed by atoms with Crippen LogP contribution < -0.4 is 10.1 Å². The maximum Gasteiger partial charge on any atom is 0.224 e. The van der Waals surface area contributed by atoms with Gasteiger partial charge in [0.15, 0.2) is 0 Å². The molecule has 0 atom stereocenters. The Balaban J connectivity index is 2.30. The van der Waals surface area contributed by atoms with Gasteiger partial charge < -0.3 is 10.1 Å². The molecule has 0 amide bonds. The van der Waals surface area contributed by atoms with E-state index in [4.69, 9.17) is 16.3 Å². The number of para-hydroxylation sites is 2. The van der Waals surface area contributed by atoms with Crippen LogP contribution in [0, 0.1) is 0 Å². The molecule has 0 aliphatic rings.